The van der Waals surface area contributed by atoms with Crippen molar-refractivity contribution in [3.63, 3.8) is 0 Å². The normalized spacial score (nSPS) is 15.1. The van der Waals surface area contributed by atoms with Crippen molar-refractivity contribution >= 4 is 29.8 Å². The third-order valence-electron chi connectivity index (χ3n) is 6.87. The smallest absolute Gasteiger partial charge is 0.337 e. The molecule has 1 aliphatic rings. The number of allylic oxidation sites excluding steroid dienone is 2. The van der Waals surface area contributed by atoms with Crippen LogP contribution in [0.5, 0.6) is 17.2 Å². The average Bonchev–Trinajstić information content (AvgIpc) is 3.04. The predicted molar refractivity (Wildman–Crippen MR) is 175 cm³/mol. The fourth-order valence-electron chi connectivity index (χ4n) is 4.70. The summed E-state index contributed by atoms with van der Waals surface area (Å²) in [5.41, 5.74) is 6.64. The number of amides is 2. The third-order valence-corrected chi connectivity index (χ3v) is 7.12. The maximum Gasteiger partial charge on any atom is 0.337 e. The van der Waals surface area contributed by atoms with Crippen molar-refractivity contribution in [3.05, 3.63) is 112 Å². The first-order chi connectivity index (χ1) is 22.2. The number of aliphatic hydroxyl groups is 1. The SMILES string of the molecule is C=CCc1cc(/C=N\N[C@@H](O)COc2ccc([C@H]3NC(=O)NC(C)=C3C(=O)OC)cc2OCC)ccc1OCc1ccc(Cl)cc1. The first-order valence-electron chi connectivity index (χ1n) is 14.6. The van der Waals surface area contributed by atoms with Crippen molar-refractivity contribution in [3.8, 4) is 17.2 Å². The van der Waals surface area contributed by atoms with Crippen molar-refractivity contribution in [2.45, 2.75) is 39.1 Å². The van der Waals surface area contributed by atoms with E-state index in [0.717, 1.165) is 22.4 Å². The molecule has 3 aromatic rings. The standard InChI is InChI=1S/C34H37ClN4O7/c1-5-7-24-16-23(10-14-27(24)45-19-22-8-12-26(35)13-9-22)18-36-39-30(40)20-46-28-15-11-25(17-29(28)44-6-2)32-31(33(41)43-4)21(3)37-34(42)38-32/h5,8-18,30,32,39-40H,1,6-7,19-20H2,2-4H3,(H2,37,38,42)/b36-18-/t30-,32+/m0/s1. The Morgan fingerprint density at radius 3 is 2.57 bits per heavy atom. The molecule has 2 amide bonds. The zero-order valence-electron chi connectivity index (χ0n) is 25.8. The van der Waals surface area contributed by atoms with Gasteiger partial charge in [-0.1, -0.05) is 35.9 Å². The molecule has 1 aliphatic heterocycles. The van der Waals surface area contributed by atoms with Gasteiger partial charge in [-0.3, -0.25) is 5.43 Å². The Hall–Kier alpha value is -5.00. The highest BCUT2D eigenvalue weighted by Crippen LogP contribution is 2.35. The minimum absolute atomic E-state index is 0.146. The second-order valence-corrected chi connectivity index (χ2v) is 10.6. The quantitative estimate of drug-likeness (QED) is 0.0582. The number of nitrogens with one attached hydrogen (secondary N) is 3. The molecule has 0 saturated heterocycles. The second kappa shape index (κ2) is 16.4. The number of benzene rings is 3. The lowest BCUT2D eigenvalue weighted by atomic mass is 9.95. The summed E-state index contributed by atoms with van der Waals surface area (Å²) in [6, 6.07) is 17.0. The maximum absolute atomic E-state index is 12.5. The predicted octanol–water partition coefficient (Wildman–Crippen LogP) is 5.17. The van der Waals surface area contributed by atoms with Crippen LogP contribution in [-0.4, -0.2) is 49.9 Å². The molecule has 2 atom stereocenters. The molecule has 242 valence electrons. The van der Waals surface area contributed by atoms with E-state index in [2.05, 4.69) is 27.7 Å². The Kier molecular flexibility index (Phi) is 12.0. The summed E-state index contributed by atoms with van der Waals surface area (Å²) < 4.78 is 22.5. The zero-order chi connectivity index (χ0) is 33.1. The molecule has 0 fully saturated rings. The number of ether oxygens (including phenoxy) is 4. The van der Waals surface area contributed by atoms with Gasteiger partial charge in [0.05, 0.1) is 31.5 Å². The summed E-state index contributed by atoms with van der Waals surface area (Å²) in [5, 5.41) is 20.6. The number of hydrogen-bond acceptors (Lipinski definition) is 9. The Morgan fingerprint density at radius 1 is 1.09 bits per heavy atom. The lowest BCUT2D eigenvalue weighted by Crippen LogP contribution is -2.45. The molecule has 4 N–H and O–H groups in total. The highest BCUT2D eigenvalue weighted by molar-refractivity contribution is 6.30. The van der Waals surface area contributed by atoms with Crippen LogP contribution >= 0.6 is 11.6 Å². The summed E-state index contributed by atoms with van der Waals surface area (Å²) in [5.74, 6) is 0.899. The molecule has 0 spiro atoms. The van der Waals surface area contributed by atoms with Gasteiger partial charge in [-0.05, 0) is 85.0 Å². The number of carbonyl (C=O) groups is 2. The molecule has 0 aliphatic carbocycles. The zero-order valence-corrected chi connectivity index (χ0v) is 26.6. The monoisotopic (exact) mass is 648 g/mol. The second-order valence-electron chi connectivity index (χ2n) is 10.2. The van der Waals surface area contributed by atoms with Gasteiger partial charge in [0.2, 0.25) is 0 Å². The van der Waals surface area contributed by atoms with E-state index < -0.39 is 24.3 Å². The van der Waals surface area contributed by atoms with Crippen LogP contribution in [0.15, 0.2) is 89.7 Å². The fourth-order valence-corrected chi connectivity index (χ4v) is 4.82. The van der Waals surface area contributed by atoms with Gasteiger partial charge in [0.15, 0.2) is 17.7 Å². The van der Waals surface area contributed by atoms with Gasteiger partial charge in [-0.25, -0.2) is 9.59 Å². The summed E-state index contributed by atoms with van der Waals surface area (Å²) in [4.78, 5) is 24.6. The average molecular weight is 649 g/mol. The van der Waals surface area contributed by atoms with E-state index in [1.807, 2.05) is 49.4 Å². The van der Waals surface area contributed by atoms with Gasteiger partial charge in [0.25, 0.3) is 0 Å². The van der Waals surface area contributed by atoms with Crippen LogP contribution in [0, 0.1) is 0 Å². The molecular weight excluding hydrogens is 612 g/mol. The minimum Gasteiger partial charge on any atom is -0.490 e. The van der Waals surface area contributed by atoms with Crippen LogP contribution in [0.25, 0.3) is 0 Å². The molecule has 4 rings (SSSR count). The largest absolute Gasteiger partial charge is 0.490 e. The summed E-state index contributed by atoms with van der Waals surface area (Å²) >= 11 is 5.97. The van der Waals surface area contributed by atoms with Crippen molar-refractivity contribution in [1.82, 2.24) is 16.1 Å². The lowest BCUT2D eigenvalue weighted by Gasteiger charge is -2.28. The minimum atomic E-state index is -1.14. The molecule has 0 radical (unpaired) electrons. The number of methoxy groups -OCH3 is 1. The van der Waals surface area contributed by atoms with E-state index in [1.165, 1.54) is 7.11 Å². The molecule has 0 unspecified atom stereocenters. The van der Waals surface area contributed by atoms with Crippen LogP contribution in [0.3, 0.4) is 0 Å². The van der Waals surface area contributed by atoms with Gasteiger partial charge in [-0.2, -0.15) is 5.10 Å². The molecular formula is C34H37ClN4O7. The first-order valence-corrected chi connectivity index (χ1v) is 14.9. The van der Waals surface area contributed by atoms with E-state index in [9.17, 15) is 14.7 Å². The summed E-state index contributed by atoms with van der Waals surface area (Å²) in [7, 11) is 1.28. The first kappa shape index (κ1) is 33.9. The maximum atomic E-state index is 12.5. The number of hydrogen-bond donors (Lipinski definition) is 4. The van der Waals surface area contributed by atoms with Gasteiger partial charge in [-0.15, -0.1) is 6.58 Å². The number of nitrogens with zero attached hydrogens (tertiary/aromatic N) is 1. The molecule has 11 nitrogen and oxygen atoms in total. The van der Waals surface area contributed by atoms with Crippen molar-refractivity contribution in [2.24, 2.45) is 5.10 Å². The number of hydrazone groups is 1. The highest BCUT2D eigenvalue weighted by Gasteiger charge is 2.32. The van der Waals surface area contributed by atoms with Gasteiger partial charge in [0.1, 0.15) is 19.0 Å². The number of esters is 1. The van der Waals surface area contributed by atoms with Crippen LogP contribution in [-0.2, 0) is 22.6 Å². The Balaban J connectivity index is 1.37. The number of aliphatic hydroxyl groups excluding tert-OH is 1. The molecule has 12 heteroatoms. The van der Waals surface area contributed by atoms with E-state index in [1.54, 1.807) is 37.4 Å². The van der Waals surface area contributed by atoms with Crippen LogP contribution < -0.4 is 30.3 Å². The van der Waals surface area contributed by atoms with Gasteiger partial charge >= 0.3 is 12.0 Å². The Bertz CT molecular complexity index is 1610. The van der Waals surface area contributed by atoms with Gasteiger partial charge in [0, 0.05) is 10.7 Å². The van der Waals surface area contributed by atoms with E-state index >= 15 is 0 Å². The molecule has 1 heterocycles. The van der Waals surface area contributed by atoms with Gasteiger partial charge < -0.3 is 34.7 Å². The number of urea groups is 1. The fraction of sp³-hybridized carbons (Fsp3) is 0.265. The van der Waals surface area contributed by atoms with Crippen molar-refractivity contribution < 1.29 is 33.6 Å². The Labute approximate surface area is 272 Å². The summed E-state index contributed by atoms with van der Waals surface area (Å²) in [6.07, 6.45) is 2.85. The van der Waals surface area contributed by atoms with E-state index in [0.29, 0.717) is 47.4 Å². The molecule has 3 aromatic carbocycles. The molecule has 0 aromatic heterocycles. The highest BCUT2D eigenvalue weighted by atomic mass is 35.5. The van der Waals surface area contributed by atoms with E-state index in [4.69, 9.17) is 30.5 Å². The van der Waals surface area contributed by atoms with Crippen LogP contribution in [0.4, 0.5) is 4.79 Å². The number of halogens is 1. The van der Waals surface area contributed by atoms with Crippen molar-refractivity contribution in [2.75, 3.05) is 20.3 Å². The number of carbonyl (C=O) groups excluding carboxylic acids is 2. The van der Waals surface area contributed by atoms with Crippen LogP contribution in [0.2, 0.25) is 5.02 Å². The van der Waals surface area contributed by atoms with Crippen molar-refractivity contribution in [1.29, 1.82) is 0 Å². The molecule has 0 saturated carbocycles. The Morgan fingerprint density at radius 2 is 1.85 bits per heavy atom. The van der Waals surface area contributed by atoms with E-state index in [-0.39, 0.29) is 12.2 Å². The molecule has 0 bridgehead atoms. The molecule has 46 heavy (non-hydrogen) atoms. The number of rotatable bonds is 15. The lowest BCUT2D eigenvalue weighted by molar-refractivity contribution is -0.136. The summed E-state index contributed by atoms with van der Waals surface area (Å²) in [6.45, 7) is 7.87. The van der Waals surface area contributed by atoms with Crippen LogP contribution in [0.1, 0.15) is 42.1 Å². The topological polar surface area (TPSA) is 140 Å². The third kappa shape index (κ3) is 9.02.